The van der Waals surface area contributed by atoms with Gasteiger partial charge in [0.1, 0.15) is 12.1 Å². The number of amides is 5. The molecule has 2 aliphatic heterocycles. The number of carbonyl (C=O) groups is 5. The predicted molar refractivity (Wildman–Crippen MR) is 107 cm³/mol. The van der Waals surface area contributed by atoms with Gasteiger partial charge in [-0.25, -0.2) is 0 Å². The second kappa shape index (κ2) is 10.4. The van der Waals surface area contributed by atoms with Crippen LogP contribution in [0.25, 0.3) is 0 Å². The number of hydrogen-bond acceptors (Lipinski definition) is 6. The first kappa shape index (κ1) is 23.6. The van der Waals surface area contributed by atoms with E-state index in [9.17, 15) is 24.0 Å². The molecular weight excluding hydrogens is 392 g/mol. The van der Waals surface area contributed by atoms with Crippen LogP contribution in [0.1, 0.15) is 39.5 Å². The Labute approximate surface area is 175 Å². The largest absolute Gasteiger partial charge is 0.368 e. The number of hydrogen-bond donors (Lipinski definition) is 4. The van der Waals surface area contributed by atoms with Crippen LogP contribution >= 0.6 is 0 Å². The van der Waals surface area contributed by atoms with Crippen LogP contribution in [-0.2, 0) is 24.0 Å². The van der Waals surface area contributed by atoms with Crippen LogP contribution in [0.3, 0.4) is 0 Å². The number of carbonyl (C=O) groups excluding carboxylic acids is 5. The summed E-state index contributed by atoms with van der Waals surface area (Å²) in [6.45, 7) is 3.95. The second-order valence-electron chi connectivity index (χ2n) is 8.10. The van der Waals surface area contributed by atoms with Crippen LogP contribution in [0.5, 0.6) is 0 Å². The van der Waals surface area contributed by atoms with E-state index in [4.69, 9.17) is 11.5 Å². The summed E-state index contributed by atoms with van der Waals surface area (Å²) in [7, 11) is 0. The zero-order valence-electron chi connectivity index (χ0n) is 17.6. The SMILES string of the molecule is CC(C)[C@H](N)C(=O)N1CCC[C@@H]1C(=O)NCC(=O)NCC(=O)N1CCC[C@@H]1C(N)=O. The topological polar surface area (TPSA) is 168 Å². The van der Waals surface area contributed by atoms with Crippen LogP contribution < -0.4 is 22.1 Å². The molecular formula is C19H32N6O5. The Balaban J connectivity index is 1.78. The van der Waals surface area contributed by atoms with Crippen molar-refractivity contribution in [1.82, 2.24) is 20.4 Å². The zero-order valence-corrected chi connectivity index (χ0v) is 17.6. The minimum absolute atomic E-state index is 0.0464. The van der Waals surface area contributed by atoms with Crippen molar-refractivity contribution in [3.8, 4) is 0 Å². The summed E-state index contributed by atoms with van der Waals surface area (Å²) < 4.78 is 0. The molecule has 2 aliphatic rings. The molecule has 30 heavy (non-hydrogen) atoms. The molecule has 168 valence electrons. The Bertz CT molecular complexity index is 697. The fourth-order valence-corrected chi connectivity index (χ4v) is 3.76. The van der Waals surface area contributed by atoms with Gasteiger partial charge in [0.05, 0.1) is 19.1 Å². The summed E-state index contributed by atoms with van der Waals surface area (Å²) in [5, 5.41) is 4.95. The number of nitrogens with zero attached hydrogens (tertiary/aromatic N) is 2. The van der Waals surface area contributed by atoms with Gasteiger partial charge < -0.3 is 31.9 Å². The van der Waals surface area contributed by atoms with Gasteiger partial charge >= 0.3 is 0 Å². The molecule has 6 N–H and O–H groups in total. The quantitative estimate of drug-likeness (QED) is 0.341. The maximum atomic E-state index is 12.5. The molecule has 2 rings (SSSR count). The lowest BCUT2D eigenvalue weighted by Gasteiger charge is -2.28. The molecule has 2 fully saturated rings. The Morgan fingerprint density at radius 3 is 2.13 bits per heavy atom. The van der Waals surface area contributed by atoms with Crippen LogP contribution in [0.15, 0.2) is 0 Å². The summed E-state index contributed by atoms with van der Waals surface area (Å²) in [5.41, 5.74) is 11.2. The lowest BCUT2D eigenvalue weighted by atomic mass is 10.0. The van der Waals surface area contributed by atoms with Crippen LogP contribution in [-0.4, -0.2) is 83.6 Å². The number of primary amides is 1. The van der Waals surface area contributed by atoms with Gasteiger partial charge in [0.2, 0.25) is 29.5 Å². The standard InChI is InChI=1S/C19H32N6O5/c1-11(2)16(20)19(30)25-8-4-6-13(25)18(29)23-9-14(26)22-10-15(27)24-7-3-5-12(24)17(21)28/h11-13,16H,3-10,20H2,1-2H3,(H2,21,28)(H,22,26)(H,23,29)/t12-,13-,16+/m1/s1. The first-order valence-electron chi connectivity index (χ1n) is 10.3. The van der Waals surface area contributed by atoms with E-state index in [0.29, 0.717) is 38.8 Å². The second-order valence-corrected chi connectivity index (χ2v) is 8.10. The van der Waals surface area contributed by atoms with E-state index < -0.39 is 41.8 Å². The predicted octanol–water partition coefficient (Wildman–Crippen LogP) is -2.33. The average molecular weight is 425 g/mol. The molecule has 0 aromatic carbocycles. The van der Waals surface area contributed by atoms with Gasteiger partial charge in [0.25, 0.3) is 0 Å². The van der Waals surface area contributed by atoms with Gasteiger partial charge in [-0.2, -0.15) is 0 Å². The summed E-state index contributed by atoms with van der Waals surface area (Å²) in [4.78, 5) is 63.4. The summed E-state index contributed by atoms with van der Waals surface area (Å²) >= 11 is 0. The smallest absolute Gasteiger partial charge is 0.243 e. The van der Waals surface area contributed by atoms with Crippen molar-refractivity contribution in [2.75, 3.05) is 26.2 Å². The van der Waals surface area contributed by atoms with Gasteiger partial charge in [0, 0.05) is 13.1 Å². The molecule has 0 aliphatic carbocycles. The third kappa shape index (κ3) is 5.68. The van der Waals surface area contributed by atoms with Crippen molar-refractivity contribution < 1.29 is 24.0 Å². The van der Waals surface area contributed by atoms with Crippen molar-refractivity contribution in [2.45, 2.75) is 57.7 Å². The van der Waals surface area contributed by atoms with Crippen molar-refractivity contribution in [3.63, 3.8) is 0 Å². The third-order valence-corrected chi connectivity index (χ3v) is 5.60. The molecule has 0 bridgehead atoms. The van der Waals surface area contributed by atoms with Gasteiger partial charge in [-0.3, -0.25) is 24.0 Å². The van der Waals surface area contributed by atoms with Crippen molar-refractivity contribution in [3.05, 3.63) is 0 Å². The highest BCUT2D eigenvalue weighted by Gasteiger charge is 2.37. The van der Waals surface area contributed by atoms with Gasteiger partial charge in [-0.1, -0.05) is 13.8 Å². The fraction of sp³-hybridized carbons (Fsp3) is 0.737. The molecule has 0 unspecified atom stereocenters. The maximum absolute atomic E-state index is 12.5. The average Bonchev–Trinajstić information content (AvgIpc) is 3.38. The molecule has 11 heteroatoms. The highest BCUT2D eigenvalue weighted by molar-refractivity contribution is 5.93. The summed E-state index contributed by atoms with van der Waals surface area (Å²) in [5.74, 6) is -2.24. The van der Waals surface area contributed by atoms with E-state index >= 15 is 0 Å². The normalized spacial score (nSPS) is 22.1. The number of likely N-dealkylation sites (tertiary alicyclic amines) is 2. The van der Waals surface area contributed by atoms with Crippen LogP contribution in [0.2, 0.25) is 0 Å². The number of nitrogens with two attached hydrogens (primary N) is 2. The van der Waals surface area contributed by atoms with E-state index in [0.717, 1.165) is 0 Å². The number of nitrogens with one attached hydrogen (secondary N) is 2. The fourth-order valence-electron chi connectivity index (χ4n) is 3.76. The summed E-state index contributed by atoms with van der Waals surface area (Å²) in [6.07, 6.45) is 2.39. The summed E-state index contributed by atoms with van der Waals surface area (Å²) in [6, 6.07) is -1.97. The molecule has 2 saturated heterocycles. The van der Waals surface area contributed by atoms with Gasteiger partial charge in [-0.15, -0.1) is 0 Å². The lowest BCUT2D eigenvalue weighted by molar-refractivity contribution is -0.140. The van der Waals surface area contributed by atoms with E-state index in [-0.39, 0.29) is 24.9 Å². The minimum Gasteiger partial charge on any atom is -0.368 e. The zero-order chi connectivity index (χ0) is 22.4. The van der Waals surface area contributed by atoms with Crippen LogP contribution in [0.4, 0.5) is 0 Å². The third-order valence-electron chi connectivity index (χ3n) is 5.60. The Morgan fingerprint density at radius 1 is 0.933 bits per heavy atom. The van der Waals surface area contributed by atoms with E-state index in [2.05, 4.69) is 10.6 Å². The monoisotopic (exact) mass is 424 g/mol. The molecule has 0 spiro atoms. The molecule has 0 aromatic heterocycles. The minimum atomic E-state index is -0.678. The first-order chi connectivity index (χ1) is 14.1. The van der Waals surface area contributed by atoms with Crippen molar-refractivity contribution in [2.24, 2.45) is 17.4 Å². The lowest BCUT2D eigenvalue weighted by Crippen LogP contribution is -2.53. The molecule has 11 nitrogen and oxygen atoms in total. The molecule has 5 amide bonds. The van der Waals surface area contributed by atoms with Gasteiger partial charge in [-0.05, 0) is 31.6 Å². The number of rotatable bonds is 8. The first-order valence-corrected chi connectivity index (χ1v) is 10.3. The highest BCUT2D eigenvalue weighted by atomic mass is 16.2. The Morgan fingerprint density at radius 2 is 1.53 bits per heavy atom. The van der Waals surface area contributed by atoms with Crippen molar-refractivity contribution >= 4 is 29.5 Å². The highest BCUT2D eigenvalue weighted by Crippen LogP contribution is 2.19. The van der Waals surface area contributed by atoms with Crippen LogP contribution in [0, 0.1) is 5.92 Å². The maximum Gasteiger partial charge on any atom is 0.243 e. The van der Waals surface area contributed by atoms with Crippen molar-refractivity contribution in [1.29, 1.82) is 0 Å². The molecule has 0 aromatic rings. The van der Waals surface area contributed by atoms with E-state index in [1.54, 1.807) is 0 Å². The van der Waals surface area contributed by atoms with E-state index in [1.807, 2.05) is 13.8 Å². The molecule has 0 saturated carbocycles. The molecule has 0 radical (unpaired) electrons. The molecule has 3 atom stereocenters. The Hall–Kier alpha value is -2.69. The Kier molecular flexibility index (Phi) is 8.16. The van der Waals surface area contributed by atoms with E-state index in [1.165, 1.54) is 9.80 Å². The van der Waals surface area contributed by atoms with Gasteiger partial charge in [0.15, 0.2) is 0 Å². The molecule has 2 heterocycles.